The summed E-state index contributed by atoms with van der Waals surface area (Å²) in [6, 6.07) is 13.5. The summed E-state index contributed by atoms with van der Waals surface area (Å²) in [7, 11) is 0. The summed E-state index contributed by atoms with van der Waals surface area (Å²) >= 11 is 0. The van der Waals surface area contributed by atoms with E-state index >= 15 is 0 Å². The Morgan fingerprint density at radius 1 is 0.969 bits per heavy atom. The highest BCUT2D eigenvalue weighted by molar-refractivity contribution is 6.08. The van der Waals surface area contributed by atoms with E-state index in [2.05, 4.69) is 12.2 Å². The van der Waals surface area contributed by atoms with Crippen molar-refractivity contribution in [1.29, 1.82) is 0 Å². The minimum atomic E-state index is -0.724. The molecule has 0 unspecified atom stereocenters. The molecule has 0 aliphatic carbocycles. The molecule has 1 N–H and O–H groups in total. The molecule has 168 valence electrons. The largest absolute Gasteiger partial charge is 0.460 e. The molecule has 32 heavy (non-hydrogen) atoms. The van der Waals surface area contributed by atoms with Gasteiger partial charge in [0.2, 0.25) is 5.76 Å². The van der Waals surface area contributed by atoms with E-state index in [-0.39, 0.29) is 34.7 Å². The molecule has 0 aliphatic rings. The Hall–Kier alpha value is -3.41. The van der Waals surface area contributed by atoms with E-state index in [1.54, 1.807) is 37.3 Å². The van der Waals surface area contributed by atoms with Crippen molar-refractivity contribution in [1.82, 2.24) is 0 Å². The van der Waals surface area contributed by atoms with Crippen molar-refractivity contribution in [3.8, 4) is 0 Å². The number of ether oxygens (including phenoxy) is 1. The highest BCUT2D eigenvalue weighted by Crippen LogP contribution is 2.23. The summed E-state index contributed by atoms with van der Waals surface area (Å²) in [5.41, 5.74) is 1.78. The van der Waals surface area contributed by atoms with Crippen LogP contribution < -0.4 is 10.7 Å². The van der Waals surface area contributed by atoms with Gasteiger partial charge in [0, 0.05) is 11.6 Å². The van der Waals surface area contributed by atoms with Gasteiger partial charge in [-0.15, -0.1) is 0 Å². The van der Waals surface area contributed by atoms with Gasteiger partial charge >= 0.3 is 5.97 Å². The number of carbonyl (C=O) groups is 2. The zero-order valence-corrected chi connectivity index (χ0v) is 18.6. The van der Waals surface area contributed by atoms with E-state index in [4.69, 9.17) is 9.15 Å². The van der Waals surface area contributed by atoms with Crippen LogP contribution in [0.15, 0.2) is 57.7 Å². The quantitative estimate of drug-likeness (QED) is 0.324. The van der Waals surface area contributed by atoms with Gasteiger partial charge in [-0.3, -0.25) is 9.59 Å². The highest BCUT2D eigenvalue weighted by Gasteiger charge is 2.16. The number of hydrogen-bond donors (Lipinski definition) is 1. The monoisotopic (exact) mass is 435 g/mol. The first-order valence-electron chi connectivity index (χ1n) is 11.2. The lowest BCUT2D eigenvalue weighted by Gasteiger charge is -2.09. The summed E-state index contributed by atoms with van der Waals surface area (Å²) in [4.78, 5) is 37.2. The van der Waals surface area contributed by atoms with Gasteiger partial charge in [0.15, 0.2) is 11.0 Å². The number of hydrogen-bond acceptors (Lipinski definition) is 5. The van der Waals surface area contributed by atoms with E-state index in [1.165, 1.54) is 31.2 Å². The first kappa shape index (κ1) is 23.3. The Morgan fingerprint density at radius 2 is 1.72 bits per heavy atom. The van der Waals surface area contributed by atoms with Crippen molar-refractivity contribution >= 4 is 28.5 Å². The van der Waals surface area contributed by atoms with Gasteiger partial charge in [0.05, 0.1) is 17.7 Å². The minimum Gasteiger partial charge on any atom is -0.460 e. The van der Waals surface area contributed by atoms with Gasteiger partial charge in [-0.25, -0.2) is 4.79 Å². The number of nitrogens with one attached hydrogen (secondary N) is 1. The van der Waals surface area contributed by atoms with Crippen molar-refractivity contribution < 1.29 is 18.7 Å². The first-order chi connectivity index (χ1) is 15.5. The molecule has 0 bridgehead atoms. The molecule has 1 amide bonds. The Morgan fingerprint density at radius 3 is 2.44 bits per heavy atom. The van der Waals surface area contributed by atoms with Crippen molar-refractivity contribution in [3.63, 3.8) is 0 Å². The molecule has 0 spiro atoms. The van der Waals surface area contributed by atoms with Gasteiger partial charge in [-0.05, 0) is 49.6 Å². The van der Waals surface area contributed by atoms with Crippen LogP contribution in [0.4, 0.5) is 5.69 Å². The van der Waals surface area contributed by atoms with Crippen LogP contribution in [0.2, 0.25) is 0 Å². The van der Waals surface area contributed by atoms with E-state index in [1.807, 2.05) is 12.1 Å². The minimum absolute atomic E-state index is 0.139. The highest BCUT2D eigenvalue weighted by atomic mass is 16.5. The van der Waals surface area contributed by atoms with Gasteiger partial charge in [0.25, 0.3) is 5.91 Å². The standard InChI is InChI=1S/C26H29NO5/c1-3-5-6-7-8-10-18-13-15-19(16-14-18)25(29)27-21-12-9-11-20-22(28)17-23(32-24(20)21)26(30)31-4-2/h9,11-17H,3-8,10H2,1-2H3,(H,27,29). The summed E-state index contributed by atoms with van der Waals surface area (Å²) < 4.78 is 10.5. The number of benzene rings is 2. The smallest absolute Gasteiger partial charge is 0.374 e. The SMILES string of the molecule is CCCCCCCc1ccc(C(=O)Nc2cccc3c(=O)cc(C(=O)OCC)oc23)cc1. The summed E-state index contributed by atoms with van der Waals surface area (Å²) in [5.74, 6) is -1.25. The molecule has 3 aromatic rings. The normalized spacial score (nSPS) is 10.8. The lowest BCUT2D eigenvalue weighted by molar-refractivity contribution is 0.0490. The number of anilines is 1. The van der Waals surface area contributed by atoms with Crippen LogP contribution >= 0.6 is 0 Å². The first-order valence-corrected chi connectivity index (χ1v) is 11.2. The van der Waals surface area contributed by atoms with Gasteiger partial charge in [-0.2, -0.15) is 0 Å². The Labute approximate surface area is 187 Å². The second-order valence-electron chi connectivity index (χ2n) is 7.69. The van der Waals surface area contributed by atoms with Crippen molar-refractivity contribution in [2.75, 3.05) is 11.9 Å². The zero-order chi connectivity index (χ0) is 22.9. The van der Waals surface area contributed by atoms with E-state index < -0.39 is 5.97 Å². The van der Waals surface area contributed by atoms with Crippen molar-refractivity contribution in [3.05, 3.63) is 75.6 Å². The fraction of sp³-hybridized carbons (Fsp3) is 0.346. The van der Waals surface area contributed by atoms with Crippen LogP contribution in [-0.2, 0) is 11.2 Å². The number of aryl methyl sites for hydroxylation is 1. The molecule has 0 radical (unpaired) electrons. The van der Waals surface area contributed by atoms with E-state index in [9.17, 15) is 14.4 Å². The Kier molecular flexibility index (Phi) is 8.20. The summed E-state index contributed by atoms with van der Waals surface area (Å²) in [6.07, 6.45) is 7.12. The topological polar surface area (TPSA) is 85.6 Å². The average molecular weight is 436 g/mol. The van der Waals surface area contributed by atoms with Crippen molar-refractivity contribution in [2.24, 2.45) is 0 Å². The van der Waals surface area contributed by atoms with E-state index in [0.717, 1.165) is 18.9 Å². The number of fused-ring (bicyclic) bond motifs is 1. The van der Waals surface area contributed by atoms with Crippen LogP contribution in [0.1, 0.15) is 72.4 Å². The third-order valence-corrected chi connectivity index (χ3v) is 5.26. The van der Waals surface area contributed by atoms with E-state index in [0.29, 0.717) is 11.3 Å². The van der Waals surface area contributed by atoms with Crippen LogP contribution in [0.25, 0.3) is 11.0 Å². The summed E-state index contributed by atoms with van der Waals surface area (Å²) in [5, 5.41) is 3.06. The maximum absolute atomic E-state index is 12.8. The number of carbonyl (C=O) groups excluding carboxylic acids is 2. The van der Waals surface area contributed by atoms with Crippen LogP contribution in [-0.4, -0.2) is 18.5 Å². The van der Waals surface area contributed by atoms with Gasteiger partial charge in [-0.1, -0.05) is 50.8 Å². The maximum atomic E-state index is 12.8. The molecule has 6 heteroatoms. The number of rotatable bonds is 10. The van der Waals surface area contributed by atoms with Crippen molar-refractivity contribution in [2.45, 2.75) is 52.4 Å². The van der Waals surface area contributed by atoms with Crippen LogP contribution in [0.5, 0.6) is 0 Å². The molecular formula is C26H29NO5. The number of amides is 1. The lowest BCUT2D eigenvalue weighted by atomic mass is 10.0. The van der Waals surface area contributed by atoms with Gasteiger partial charge in [0.1, 0.15) is 0 Å². The number of esters is 1. The molecule has 1 heterocycles. The molecule has 0 aliphatic heterocycles. The Balaban J connectivity index is 1.75. The number of unbranched alkanes of at least 4 members (excludes halogenated alkanes) is 4. The third-order valence-electron chi connectivity index (χ3n) is 5.26. The molecule has 2 aromatic carbocycles. The molecule has 3 rings (SSSR count). The fourth-order valence-electron chi connectivity index (χ4n) is 3.53. The zero-order valence-electron chi connectivity index (χ0n) is 18.6. The summed E-state index contributed by atoms with van der Waals surface area (Å²) in [6.45, 7) is 4.03. The molecule has 0 saturated heterocycles. The molecular weight excluding hydrogens is 406 g/mol. The van der Waals surface area contributed by atoms with Crippen LogP contribution in [0.3, 0.4) is 0 Å². The maximum Gasteiger partial charge on any atom is 0.374 e. The lowest BCUT2D eigenvalue weighted by Crippen LogP contribution is -2.14. The predicted octanol–water partition coefficient (Wildman–Crippen LogP) is 5.73. The fourth-order valence-corrected chi connectivity index (χ4v) is 3.53. The van der Waals surface area contributed by atoms with Gasteiger partial charge < -0.3 is 14.5 Å². The van der Waals surface area contributed by atoms with Crippen LogP contribution in [0, 0.1) is 0 Å². The average Bonchev–Trinajstić information content (AvgIpc) is 2.80. The molecule has 0 fully saturated rings. The Bertz CT molecular complexity index is 1130. The molecule has 1 aromatic heterocycles. The third kappa shape index (κ3) is 5.84. The second-order valence-corrected chi connectivity index (χ2v) is 7.69. The molecule has 0 atom stereocenters. The molecule has 0 saturated carbocycles. The second kappa shape index (κ2) is 11.3. The predicted molar refractivity (Wildman–Crippen MR) is 125 cm³/mol. The number of para-hydroxylation sites is 1. The molecule has 6 nitrogen and oxygen atoms in total.